The number of hydrogen-bond acceptors (Lipinski definition) is 5. The van der Waals surface area contributed by atoms with Crippen LogP contribution in [-0.4, -0.2) is 56.8 Å². The van der Waals surface area contributed by atoms with E-state index in [1.54, 1.807) is 24.3 Å². The largest absolute Gasteiger partial charge is 0.322 e. The third-order valence-electron chi connectivity index (χ3n) is 4.77. The number of rotatable bonds is 5. The van der Waals surface area contributed by atoms with Crippen LogP contribution in [0.3, 0.4) is 0 Å². The van der Waals surface area contributed by atoms with Gasteiger partial charge in [0.2, 0.25) is 10.0 Å². The molecule has 0 unspecified atom stereocenters. The fourth-order valence-electron chi connectivity index (χ4n) is 3.01. The minimum Gasteiger partial charge on any atom is -0.322 e. The van der Waals surface area contributed by atoms with Crippen molar-refractivity contribution < 1.29 is 13.2 Å². The second kappa shape index (κ2) is 8.93. The summed E-state index contributed by atoms with van der Waals surface area (Å²) in [6.07, 6.45) is 0.291. The molecule has 1 aliphatic rings. The van der Waals surface area contributed by atoms with Crippen LogP contribution in [0.1, 0.15) is 15.9 Å². The molecule has 0 atom stereocenters. The first-order valence-electron chi connectivity index (χ1n) is 9.07. The summed E-state index contributed by atoms with van der Waals surface area (Å²) in [6.45, 7) is 2.03. The SMILES string of the molecule is CN1CCN(S(=O)(=O)c2cc(C(=O)Nc3ccc(CC#N)cc3)ccc2Cl)CC1. The molecule has 152 valence electrons. The minimum atomic E-state index is -3.79. The van der Waals surface area contributed by atoms with E-state index in [1.807, 2.05) is 7.05 Å². The number of halogens is 1. The van der Waals surface area contributed by atoms with Crippen molar-refractivity contribution in [2.45, 2.75) is 11.3 Å². The number of carbonyl (C=O) groups is 1. The van der Waals surface area contributed by atoms with Gasteiger partial charge in [0.05, 0.1) is 17.5 Å². The van der Waals surface area contributed by atoms with Crippen LogP contribution in [0.4, 0.5) is 5.69 Å². The summed E-state index contributed by atoms with van der Waals surface area (Å²) < 4.78 is 27.4. The van der Waals surface area contributed by atoms with E-state index < -0.39 is 15.9 Å². The Morgan fingerprint density at radius 3 is 2.41 bits per heavy atom. The highest BCUT2D eigenvalue weighted by atomic mass is 35.5. The molecule has 1 amide bonds. The topological polar surface area (TPSA) is 93.5 Å². The van der Waals surface area contributed by atoms with Crippen molar-refractivity contribution in [1.82, 2.24) is 9.21 Å². The predicted molar refractivity (Wildman–Crippen MR) is 111 cm³/mol. The molecule has 29 heavy (non-hydrogen) atoms. The first kappa shape index (κ1) is 21.3. The molecule has 1 heterocycles. The van der Waals surface area contributed by atoms with Gasteiger partial charge in [-0.05, 0) is 42.9 Å². The van der Waals surface area contributed by atoms with Gasteiger partial charge < -0.3 is 10.2 Å². The van der Waals surface area contributed by atoms with Crippen LogP contribution in [-0.2, 0) is 16.4 Å². The predicted octanol–water partition coefficient (Wildman–Crippen LogP) is 2.59. The Morgan fingerprint density at radius 2 is 1.79 bits per heavy atom. The van der Waals surface area contributed by atoms with Crippen LogP contribution in [0.25, 0.3) is 0 Å². The molecule has 2 aromatic carbocycles. The summed E-state index contributed by atoms with van der Waals surface area (Å²) in [4.78, 5) is 14.6. The Hall–Kier alpha value is -2.44. The minimum absolute atomic E-state index is 0.0688. The monoisotopic (exact) mass is 432 g/mol. The molecule has 0 aliphatic carbocycles. The molecular weight excluding hydrogens is 412 g/mol. The van der Waals surface area contributed by atoms with Gasteiger partial charge in [-0.15, -0.1) is 0 Å². The van der Waals surface area contributed by atoms with Gasteiger partial charge in [0, 0.05) is 37.4 Å². The lowest BCUT2D eigenvalue weighted by molar-refractivity contribution is 0.102. The summed E-state index contributed by atoms with van der Waals surface area (Å²) in [7, 11) is -1.85. The van der Waals surface area contributed by atoms with Gasteiger partial charge in [-0.25, -0.2) is 8.42 Å². The number of nitrogens with one attached hydrogen (secondary N) is 1. The molecule has 1 saturated heterocycles. The normalized spacial score (nSPS) is 15.6. The van der Waals surface area contributed by atoms with E-state index in [1.165, 1.54) is 22.5 Å². The van der Waals surface area contributed by atoms with Crippen molar-refractivity contribution in [2.75, 3.05) is 38.5 Å². The van der Waals surface area contributed by atoms with Crippen LogP contribution in [0.5, 0.6) is 0 Å². The number of carbonyl (C=O) groups excluding carboxylic acids is 1. The van der Waals surface area contributed by atoms with Crippen molar-refractivity contribution in [3.8, 4) is 6.07 Å². The Morgan fingerprint density at radius 1 is 1.14 bits per heavy atom. The van der Waals surface area contributed by atoms with Gasteiger partial charge in [-0.2, -0.15) is 9.57 Å². The lowest BCUT2D eigenvalue weighted by atomic mass is 10.1. The zero-order valence-corrected chi connectivity index (χ0v) is 17.5. The number of hydrogen-bond donors (Lipinski definition) is 1. The average molecular weight is 433 g/mol. The van der Waals surface area contributed by atoms with Crippen molar-refractivity contribution in [3.05, 3.63) is 58.6 Å². The summed E-state index contributed by atoms with van der Waals surface area (Å²) in [5.41, 5.74) is 1.59. The molecule has 0 spiro atoms. The summed E-state index contributed by atoms with van der Waals surface area (Å²) in [6, 6.07) is 13.2. The molecule has 7 nitrogen and oxygen atoms in total. The zero-order chi connectivity index (χ0) is 21.0. The number of nitrogens with zero attached hydrogens (tertiary/aromatic N) is 3. The molecule has 1 fully saturated rings. The van der Waals surface area contributed by atoms with Gasteiger partial charge >= 0.3 is 0 Å². The van der Waals surface area contributed by atoms with Gasteiger partial charge in [0.15, 0.2) is 0 Å². The number of likely N-dealkylation sites (N-methyl/N-ethyl adjacent to an activating group) is 1. The molecule has 2 aromatic rings. The molecule has 0 saturated carbocycles. The molecular formula is C20H21ClN4O3S. The van der Waals surface area contributed by atoms with E-state index in [9.17, 15) is 13.2 Å². The highest BCUT2D eigenvalue weighted by Gasteiger charge is 2.30. The summed E-state index contributed by atoms with van der Waals surface area (Å²) in [5.74, 6) is -0.440. The van der Waals surface area contributed by atoms with Gasteiger partial charge in [0.1, 0.15) is 4.90 Å². The van der Waals surface area contributed by atoms with Crippen LogP contribution in [0, 0.1) is 11.3 Å². The van der Waals surface area contributed by atoms with Crippen LogP contribution in [0.2, 0.25) is 5.02 Å². The number of benzene rings is 2. The fraction of sp³-hybridized carbons (Fsp3) is 0.300. The first-order chi connectivity index (χ1) is 13.8. The Bertz CT molecular complexity index is 1040. The number of piperazine rings is 1. The maximum Gasteiger partial charge on any atom is 0.255 e. The van der Waals surface area contributed by atoms with Crippen molar-refractivity contribution in [1.29, 1.82) is 5.26 Å². The number of nitriles is 1. The third-order valence-corrected chi connectivity index (χ3v) is 7.15. The number of amides is 1. The Labute approximate surface area is 175 Å². The summed E-state index contributed by atoms with van der Waals surface area (Å²) >= 11 is 6.17. The molecule has 0 aromatic heterocycles. The Kier molecular flexibility index (Phi) is 6.55. The van der Waals surface area contributed by atoms with E-state index in [2.05, 4.69) is 16.3 Å². The Balaban J connectivity index is 1.81. The van der Waals surface area contributed by atoms with Crippen molar-refractivity contribution in [2.24, 2.45) is 0 Å². The van der Waals surface area contributed by atoms with E-state index in [4.69, 9.17) is 16.9 Å². The highest BCUT2D eigenvalue weighted by Crippen LogP contribution is 2.27. The average Bonchev–Trinajstić information content (AvgIpc) is 2.70. The summed E-state index contributed by atoms with van der Waals surface area (Å²) in [5, 5.41) is 11.5. The maximum atomic E-state index is 13.0. The van der Waals surface area contributed by atoms with Crippen molar-refractivity contribution >= 4 is 33.2 Å². The lowest BCUT2D eigenvalue weighted by Gasteiger charge is -2.31. The molecule has 9 heteroatoms. The van der Waals surface area contributed by atoms with Crippen LogP contribution in [0.15, 0.2) is 47.4 Å². The van der Waals surface area contributed by atoms with E-state index in [0.29, 0.717) is 38.3 Å². The van der Waals surface area contributed by atoms with E-state index >= 15 is 0 Å². The molecule has 1 aliphatic heterocycles. The molecule has 3 rings (SSSR count). The number of anilines is 1. The smallest absolute Gasteiger partial charge is 0.255 e. The number of sulfonamides is 1. The maximum absolute atomic E-state index is 13.0. The van der Waals surface area contributed by atoms with Crippen molar-refractivity contribution in [3.63, 3.8) is 0 Å². The molecule has 1 N–H and O–H groups in total. The van der Waals surface area contributed by atoms with Crippen LogP contribution < -0.4 is 5.32 Å². The zero-order valence-electron chi connectivity index (χ0n) is 15.9. The lowest BCUT2D eigenvalue weighted by Crippen LogP contribution is -2.47. The second-order valence-corrected chi connectivity index (χ2v) is 9.15. The fourth-order valence-corrected chi connectivity index (χ4v) is 4.93. The second-order valence-electron chi connectivity index (χ2n) is 6.84. The highest BCUT2D eigenvalue weighted by molar-refractivity contribution is 7.89. The standard InChI is InChI=1S/C20H21ClN4O3S/c1-24-10-12-25(13-11-24)29(27,28)19-14-16(4-7-18(19)21)20(26)23-17-5-2-15(3-6-17)8-9-22/h2-7,14H,8,10-13H2,1H3,(H,23,26). The van der Waals surface area contributed by atoms with E-state index in [-0.39, 0.29) is 15.5 Å². The third kappa shape index (κ3) is 4.95. The van der Waals surface area contributed by atoms with Gasteiger partial charge in [-0.3, -0.25) is 4.79 Å². The van der Waals surface area contributed by atoms with Gasteiger partial charge in [0.25, 0.3) is 5.91 Å². The first-order valence-corrected chi connectivity index (χ1v) is 10.9. The van der Waals surface area contributed by atoms with Crippen LogP contribution >= 0.6 is 11.6 Å². The molecule has 0 bridgehead atoms. The quantitative estimate of drug-likeness (QED) is 0.783. The van der Waals surface area contributed by atoms with E-state index in [0.717, 1.165) is 5.56 Å². The molecule has 0 radical (unpaired) electrons. The van der Waals surface area contributed by atoms with Gasteiger partial charge in [-0.1, -0.05) is 23.7 Å².